The number of nitrogens with one attached hydrogen (secondary N) is 1. The van der Waals surface area contributed by atoms with Crippen LogP contribution in [0.4, 0.5) is 0 Å². The summed E-state index contributed by atoms with van der Waals surface area (Å²) in [6, 6.07) is 15.4. The lowest BCUT2D eigenvalue weighted by Crippen LogP contribution is -2.18. The summed E-state index contributed by atoms with van der Waals surface area (Å²) >= 11 is 5.29. The molecule has 1 atom stereocenters. The molecule has 0 aliphatic heterocycles. The lowest BCUT2D eigenvalue weighted by atomic mass is 9.91. The fraction of sp³-hybridized carbons (Fsp3) is 0.176. The average Bonchev–Trinajstić information content (AvgIpc) is 2.88. The Hall–Kier alpha value is -1.16. The summed E-state index contributed by atoms with van der Waals surface area (Å²) in [5, 5.41) is 8.30. The maximum atomic E-state index is 3.56. The summed E-state index contributed by atoms with van der Waals surface area (Å²) in [6.45, 7) is 2.19. The van der Waals surface area contributed by atoms with E-state index in [1.807, 2.05) is 7.05 Å². The normalized spacial score (nSPS) is 12.8. The van der Waals surface area contributed by atoms with Gasteiger partial charge >= 0.3 is 0 Å². The molecule has 3 heteroatoms. The Morgan fingerprint density at radius 2 is 1.95 bits per heavy atom. The second kappa shape index (κ2) is 5.68. The number of benzene rings is 2. The Labute approximate surface area is 131 Å². The predicted molar refractivity (Wildman–Crippen MR) is 91.6 cm³/mol. The first-order valence-corrected chi connectivity index (χ1v) is 8.27. The summed E-state index contributed by atoms with van der Waals surface area (Å²) in [7, 11) is 2.03. The maximum absolute atomic E-state index is 3.56. The minimum Gasteiger partial charge on any atom is -0.309 e. The third-order valence-electron chi connectivity index (χ3n) is 3.69. The van der Waals surface area contributed by atoms with E-state index in [0.29, 0.717) is 0 Å². The Bertz CT molecular complexity index is 748. The molecule has 1 unspecified atom stereocenters. The minimum absolute atomic E-state index is 0.226. The van der Waals surface area contributed by atoms with Crippen LogP contribution >= 0.6 is 27.3 Å². The summed E-state index contributed by atoms with van der Waals surface area (Å²) in [6.07, 6.45) is 0. The first-order valence-electron chi connectivity index (χ1n) is 6.60. The molecule has 1 nitrogen and oxygen atoms in total. The number of hydrogen-bond donors (Lipinski definition) is 1. The fourth-order valence-electron chi connectivity index (χ4n) is 2.74. The van der Waals surface area contributed by atoms with Crippen molar-refractivity contribution in [2.45, 2.75) is 13.0 Å². The van der Waals surface area contributed by atoms with Gasteiger partial charge in [-0.3, -0.25) is 0 Å². The molecule has 1 aromatic heterocycles. The number of halogens is 1. The average molecular weight is 346 g/mol. The highest BCUT2D eigenvalue weighted by atomic mass is 79.9. The van der Waals surface area contributed by atoms with Gasteiger partial charge in [-0.15, -0.1) is 11.3 Å². The molecule has 0 spiro atoms. The highest BCUT2D eigenvalue weighted by molar-refractivity contribution is 9.11. The van der Waals surface area contributed by atoms with Crippen LogP contribution in [0.3, 0.4) is 0 Å². The minimum atomic E-state index is 0.226. The molecule has 102 valence electrons. The third-order valence-corrected chi connectivity index (χ3v) is 5.21. The van der Waals surface area contributed by atoms with Gasteiger partial charge in [0.2, 0.25) is 0 Å². The van der Waals surface area contributed by atoms with Gasteiger partial charge in [-0.1, -0.05) is 36.4 Å². The lowest BCUT2D eigenvalue weighted by molar-refractivity contribution is 0.695. The van der Waals surface area contributed by atoms with Gasteiger partial charge in [-0.25, -0.2) is 0 Å². The molecule has 1 heterocycles. The molecule has 3 aromatic rings. The van der Waals surface area contributed by atoms with Crippen molar-refractivity contribution in [2.75, 3.05) is 7.05 Å². The zero-order valence-corrected chi connectivity index (χ0v) is 13.9. The molecule has 2 aromatic carbocycles. The molecule has 0 aliphatic rings. The molecular weight excluding hydrogens is 330 g/mol. The third kappa shape index (κ3) is 2.41. The van der Waals surface area contributed by atoms with E-state index in [9.17, 15) is 0 Å². The molecule has 0 aliphatic carbocycles. The van der Waals surface area contributed by atoms with Gasteiger partial charge in [0.25, 0.3) is 0 Å². The molecule has 0 saturated carbocycles. The standard InChI is InChI=1S/C17H16BrNS/c1-11-7-8-12-5-3-4-6-14(12)16(11)17(19-2)13-9-15(18)20-10-13/h3-10,17,19H,1-2H3. The number of fused-ring (bicyclic) bond motifs is 1. The molecule has 0 saturated heterocycles. The van der Waals surface area contributed by atoms with Crippen LogP contribution in [0.2, 0.25) is 0 Å². The van der Waals surface area contributed by atoms with Crippen LogP contribution in [0.15, 0.2) is 51.6 Å². The van der Waals surface area contributed by atoms with E-state index in [4.69, 9.17) is 0 Å². The van der Waals surface area contributed by atoms with Crippen LogP contribution in [0.5, 0.6) is 0 Å². The van der Waals surface area contributed by atoms with Crippen LogP contribution in [-0.2, 0) is 0 Å². The molecule has 0 amide bonds. The van der Waals surface area contributed by atoms with Crippen molar-refractivity contribution in [1.82, 2.24) is 5.32 Å². The summed E-state index contributed by atoms with van der Waals surface area (Å²) < 4.78 is 1.17. The maximum Gasteiger partial charge on any atom is 0.0701 e. The van der Waals surface area contributed by atoms with Crippen molar-refractivity contribution in [3.05, 3.63) is 68.3 Å². The van der Waals surface area contributed by atoms with Crippen LogP contribution in [0, 0.1) is 6.92 Å². The van der Waals surface area contributed by atoms with Crippen LogP contribution < -0.4 is 5.32 Å². The topological polar surface area (TPSA) is 12.0 Å². The first-order chi connectivity index (χ1) is 9.70. The van der Waals surface area contributed by atoms with E-state index in [1.165, 1.54) is 31.2 Å². The van der Waals surface area contributed by atoms with Gasteiger partial charge < -0.3 is 5.32 Å². The quantitative estimate of drug-likeness (QED) is 0.680. The Kier molecular flexibility index (Phi) is 3.92. The van der Waals surface area contributed by atoms with Gasteiger partial charge in [0.15, 0.2) is 0 Å². The molecule has 20 heavy (non-hydrogen) atoms. The van der Waals surface area contributed by atoms with Crippen molar-refractivity contribution in [1.29, 1.82) is 0 Å². The van der Waals surface area contributed by atoms with E-state index < -0.39 is 0 Å². The van der Waals surface area contributed by atoms with Crippen molar-refractivity contribution < 1.29 is 0 Å². The number of hydrogen-bond acceptors (Lipinski definition) is 2. The van der Waals surface area contributed by atoms with Gasteiger partial charge in [-0.05, 0) is 68.8 Å². The zero-order valence-electron chi connectivity index (χ0n) is 11.5. The van der Waals surface area contributed by atoms with Crippen LogP contribution in [0.1, 0.15) is 22.7 Å². The van der Waals surface area contributed by atoms with E-state index >= 15 is 0 Å². The molecule has 1 N–H and O–H groups in total. The van der Waals surface area contributed by atoms with Gasteiger partial charge in [0.05, 0.1) is 9.83 Å². The largest absolute Gasteiger partial charge is 0.309 e. The number of rotatable bonds is 3. The fourth-order valence-corrected chi connectivity index (χ4v) is 3.94. The highest BCUT2D eigenvalue weighted by Gasteiger charge is 2.18. The molecular formula is C17H16BrNS. The monoisotopic (exact) mass is 345 g/mol. The Balaban J connectivity index is 2.23. The number of thiophene rings is 1. The van der Waals surface area contributed by atoms with Gasteiger partial charge in [-0.2, -0.15) is 0 Å². The van der Waals surface area contributed by atoms with Crippen LogP contribution in [0.25, 0.3) is 10.8 Å². The van der Waals surface area contributed by atoms with Crippen LogP contribution in [-0.4, -0.2) is 7.05 Å². The molecule has 0 radical (unpaired) electrons. The zero-order chi connectivity index (χ0) is 14.1. The second-order valence-corrected chi connectivity index (χ2v) is 7.21. The van der Waals surface area contributed by atoms with E-state index in [-0.39, 0.29) is 6.04 Å². The highest BCUT2D eigenvalue weighted by Crippen LogP contribution is 2.34. The van der Waals surface area contributed by atoms with Crippen molar-refractivity contribution >= 4 is 38.0 Å². The van der Waals surface area contributed by atoms with Crippen molar-refractivity contribution in [3.63, 3.8) is 0 Å². The number of aryl methyl sites for hydroxylation is 1. The van der Waals surface area contributed by atoms with Gasteiger partial charge in [0.1, 0.15) is 0 Å². The predicted octanol–water partition coefficient (Wildman–Crippen LogP) is 5.28. The Morgan fingerprint density at radius 1 is 1.15 bits per heavy atom. The Morgan fingerprint density at radius 3 is 2.65 bits per heavy atom. The smallest absolute Gasteiger partial charge is 0.0701 e. The summed E-state index contributed by atoms with van der Waals surface area (Å²) in [4.78, 5) is 0. The summed E-state index contributed by atoms with van der Waals surface area (Å²) in [5.41, 5.74) is 4.00. The van der Waals surface area contributed by atoms with E-state index in [0.717, 1.165) is 0 Å². The molecule has 3 rings (SSSR count). The van der Waals surface area contributed by atoms with Gasteiger partial charge in [0, 0.05) is 0 Å². The van der Waals surface area contributed by atoms with E-state index in [2.05, 4.69) is 76.0 Å². The SMILES string of the molecule is CNC(c1csc(Br)c1)c1c(C)ccc2ccccc12. The van der Waals surface area contributed by atoms with E-state index in [1.54, 1.807) is 11.3 Å². The second-order valence-electron chi connectivity index (χ2n) is 4.92. The molecule has 0 fully saturated rings. The van der Waals surface area contributed by atoms with Crippen molar-refractivity contribution in [2.24, 2.45) is 0 Å². The first kappa shape index (κ1) is 13.8. The molecule has 0 bridgehead atoms. The van der Waals surface area contributed by atoms with Crippen molar-refractivity contribution in [3.8, 4) is 0 Å². The summed E-state index contributed by atoms with van der Waals surface area (Å²) in [5.74, 6) is 0. The lowest BCUT2D eigenvalue weighted by Gasteiger charge is -2.20.